The molecule has 0 fully saturated rings. The standard InChI is InChI=1S/C18H19Cl2FN2O3S/c1-13-2-3-14(12-17(13)23(10-8-19)11-9-20)18(24)22-15-4-6-16(7-5-15)27(21,25)26/h2-7,12H,8-11H2,1H3,(H,22,24). The van der Waals surface area contributed by atoms with E-state index in [9.17, 15) is 17.1 Å². The summed E-state index contributed by atoms with van der Waals surface area (Å²) >= 11 is 11.7. The van der Waals surface area contributed by atoms with Crippen molar-refractivity contribution in [1.29, 1.82) is 0 Å². The van der Waals surface area contributed by atoms with Gasteiger partial charge in [0, 0.05) is 41.8 Å². The Morgan fingerprint density at radius 1 is 1.07 bits per heavy atom. The highest BCUT2D eigenvalue weighted by Crippen LogP contribution is 2.23. The van der Waals surface area contributed by atoms with Crippen LogP contribution in [0.3, 0.4) is 0 Å². The van der Waals surface area contributed by atoms with E-state index in [0.29, 0.717) is 36.1 Å². The van der Waals surface area contributed by atoms with Crippen LogP contribution >= 0.6 is 23.2 Å². The summed E-state index contributed by atoms with van der Waals surface area (Å²) in [6.45, 7) is 3.13. The van der Waals surface area contributed by atoms with Crippen LogP contribution in [0, 0.1) is 6.92 Å². The van der Waals surface area contributed by atoms with E-state index in [0.717, 1.165) is 23.4 Å². The molecule has 2 aromatic carbocycles. The molecule has 27 heavy (non-hydrogen) atoms. The quantitative estimate of drug-likeness (QED) is 0.501. The maximum atomic E-state index is 12.9. The van der Waals surface area contributed by atoms with Gasteiger partial charge in [0.05, 0.1) is 4.90 Å². The molecular weight excluding hydrogens is 414 g/mol. The Morgan fingerprint density at radius 3 is 2.19 bits per heavy atom. The van der Waals surface area contributed by atoms with Gasteiger partial charge in [0.15, 0.2) is 0 Å². The average Bonchev–Trinajstić information content (AvgIpc) is 2.61. The molecule has 5 nitrogen and oxygen atoms in total. The lowest BCUT2D eigenvalue weighted by Crippen LogP contribution is -2.28. The molecule has 0 unspecified atom stereocenters. The molecule has 2 aromatic rings. The summed E-state index contributed by atoms with van der Waals surface area (Å²) in [5, 5.41) is 2.66. The molecule has 0 aliphatic carbocycles. The van der Waals surface area contributed by atoms with E-state index < -0.39 is 15.1 Å². The van der Waals surface area contributed by atoms with Crippen LogP contribution in [0.15, 0.2) is 47.4 Å². The predicted molar refractivity (Wildman–Crippen MR) is 108 cm³/mol. The molecule has 0 heterocycles. The second kappa shape index (κ2) is 9.39. The first-order chi connectivity index (χ1) is 12.8. The monoisotopic (exact) mass is 432 g/mol. The first kappa shape index (κ1) is 21.5. The Kier molecular flexibility index (Phi) is 7.47. The van der Waals surface area contributed by atoms with Crippen molar-refractivity contribution in [3.8, 4) is 0 Å². The van der Waals surface area contributed by atoms with Crippen molar-refractivity contribution < 1.29 is 17.1 Å². The molecule has 9 heteroatoms. The van der Waals surface area contributed by atoms with Gasteiger partial charge in [-0.15, -0.1) is 27.1 Å². The fourth-order valence-corrected chi connectivity index (χ4v) is 3.42. The fourth-order valence-electron chi connectivity index (χ4n) is 2.55. The molecule has 146 valence electrons. The molecule has 0 aliphatic heterocycles. The molecule has 0 spiro atoms. The van der Waals surface area contributed by atoms with Gasteiger partial charge in [0.25, 0.3) is 5.91 Å². The van der Waals surface area contributed by atoms with Gasteiger partial charge in [-0.1, -0.05) is 6.07 Å². The number of carbonyl (C=O) groups excluding carboxylic acids is 1. The summed E-state index contributed by atoms with van der Waals surface area (Å²) in [6, 6.07) is 10.1. The second-order valence-electron chi connectivity index (χ2n) is 5.78. The van der Waals surface area contributed by atoms with Crippen LogP contribution in [0.2, 0.25) is 0 Å². The van der Waals surface area contributed by atoms with E-state index in [-0.39, 0.29) is 5.91 Å². The molecule has 0 aliphatic rings. The number of amides is 1. The number of carbonyl (C=O) groups is 1. The Labute approximate surface area is 168 Å². The van der Waals surface area contributed by atoms with E-state index in [1.165, 1.54) is 12.1 Å². The molecule has 0 saturated carbocycles. The van der Waals surface area contributed by atoms with Crippen LogP contribution in [0.5, 0.6) is 0 Å². The Balaban J connectivity index is 2.22. The summed E-state index contributed by atoms with van der Waals surface area (Å²) in [5.41, 5.74) is 2.63. The first-order valence-corrected chi connectivity index (χ1v) is 10.5. The average molecular weight is 433 g/mol. The first-order valence-electron chi connectivity index (χ1n) is 8.10. The molecule has 1 amide bonds. The maximum Gasteiger partial charge on any atom is 0.332 e. The summed E-state index contributed by atoms with van der Waals surface area (Å²) in [4.78, 5) is 14.1. The van der Waals surface area contributed by atoms with E-state index in [1.807, 2.05) is 17.9 Å². The van der Waals surface area contributed by atoms with Crippen molar-refractivity contribution in [1.82, 2.24) is 0 Å². The number of halogens is 3. The number of anilines is 2. The van der Waals surface area contributed by atoms with E-state index in [4.69, 9.17) is 23.2 Å². The van der Waals surface area contributed by atoms with Gasteiger partial charge in [-0.25, -0.2) is 0 Å². The van der Waals surface area contributed by atoms with Gasteiger partial charge in [-0.05, 0) is 48.9 Å². The largest absolute Gasteiger partial charge is 0.369 e. The number of alkyl halides is 2. The molecule has 0 radical (unpaired) electrons. The zero-order valence-electron chi connectivity index (χ0n) is 14.6. The van der Waals surface area contributed by atoms with Crippen LogP contribution in [0.4, 0.5) is 15.3 Å². The highest BCUT2D eigenvalue weighted by atomic mass is 35.5. The summed E-state index contributed by atoms with van der Waals surface area (Å²) < 4.78 is 34.6. The van der Waals surface area contributed by atoms with Gasteiger partial charge < -0.3 is 10.2 Å². The predicted octanol–water partition coefficient (Wildman–Crippen LogP) is 4.19. The van der Waals surface area contributed by atoms with Crippen LogP contribution in [-0.4, -0.2) is 39.2 Å². The second-order valence-corrected chi connectivity index (χ2v) is 7.89. The van der Waals surface area contributed by atoms with Crippen molar-refractivity contribution in [2.75, 3.05) is 35.1 Å². The number of nitrogens with one attached hydrogen (secondary N) is 1. The van der Waals surface area contributed by atoms with E-state index >= 15 is 0 Å². The third-order valence-electron chi connectivity index (χ3n) is 3.91. The Hall–Kier alpha value is -1.83. The lowest BCUT2D eigenvalue weighted by Gasteiger charge is -2.25. The van der Waals surface area contributed by atoms with Crippen LogP contribution < -0.4 is 10.2 Å². The molecule has 0 atom stereocenters. The highest BCUT2D eigenvalue weighted by Gasteiger charge is 2.14. The van der Waals surface area contributed by atoms with Crippen molar-refractivity contribution in [2.24, 2.45) is 0 Å². The summed E-state index contributed by atoms with van der Waals surface area (Å²) in [5.74, 6) is 0.483. The molecule has 2 rings (SSSR count). The van der Waals surface area contributed by atoms with E-state index in [1.54, 1.807) is 12.1 Å². The normalized spacial score (nSPS) is 11.3. The molecule has 1 N–H and O–H groups in total. The van der Waals surface area contributed by atoms with Gasteiger partial charge in [-0.3, -0.25) is 4.79 Å². The van der Waals surface area contributed by atoms with Crippen LogP contribution in [0.1, 0.15) is 15.9 Å². The lowest BCUT2D eigenvalue weighted by atomic mass is 10.1. The topological polar surface area (TPSA) is 66.5 Å². The third-order valence-corrected chi connectivity index (χ3v) is 5.09. The molecule has 0 bridgehead atoms. The summed E-state index contributed by atoms with van der Waals surface area (Å²) in [6.07, 6.45) is 0. The van der Waals surface area contributed by atoms with Crippen molar-refractivity contribution in [3.05, 3.63) is 53.6 Å². The van der Waals surface area contributed by atoms with Crippen LogP contribution in [-0.2, 0) is 10.2 Å². The number of hydrogen-bond donors (Lipinski definition) is 1. The van der Waals surface area contributed by atoms with E-state index in [2.05, 4.69) is 5.32 Å². The van der Waals surface area contributed by atoms with Crippen molar-refractivity contribution in [3.63, 3.8) is 0 Å². The van der Waals surface area contributed by atoms with Gasteiger partial charge in [-0.2, -0.15) is 8.42 Å². The Morgan fingerprint density at radius 2 is 1.67 bits per heavy atom. The number of nitrogens with zero attached hydrogens (tertiary/aromatic N) is 1. The third kappa shape index (κ3) is 5.82. The number of benzene rings is 2. The van der Waals surface area contributed by atoms with Gasteiger partial charge >= 0.3 is 10.2 Å². The maximum absolute atomic E-state index is 12.9. The molecular formula is C18H19Cl2FN2O3S. The van der Waals surface area contributed by atoms with Gasteiger partial charge in [0.2, 0.25) is 0 Å². The smallest absolute Gasteiger partial charge is 0.332 e. The minimum Gasteiger partial charge on any atom is -0.369 e. The SMILES string of the molecule is Cc1ccc(C(=O)Nc2ccc(S(=O)(=O)F)cc2)cc1N(CCCl)CCCl. The number of rotatable bonds is 8. The number of hydrogen-bond acceptors (Lipinski definition) is 4. The fraction of sp³-hybridized carbons (Fsp3) is 0.278. The molecule has 0 aromatic heterocycles. The van der Waals surface area contributed by atoms with Gasteiger partial charge in [0.1, 0.15) is 0 Å². The van der Waals surface area contributed by atoms with Crippen molar-refractivity contribution in [2.45, 2.75) is 11.8 Å². The number of aryl methyl sites for hydroxylation is 1. The minimum atomic E-state index is -4.77. The zero-order chi connectivity index (χ0) is 20.0. The zero-order valence-corrected chi connectivity index (χ0v) is 16.9. The van der Waals surface area contributed by atoms with Crippen molar-refractivity contribution >= 4 is 50.7 Å². The highest BCUT2D eigenvalue weighted by molar-refractivity contribution is 7.86. The Bertz CT molecular complexity index is 899. The lowest BCUT2D eigenvalue weighted by molar-refractivity contribution is 0.102. The minimum absolute atomic E-state index is 0.355. The van der Waals surface area contributed by atoms with Crippen LogP contribution in [0.25, 0.3) is 0 Å². The molecule has 0 saturated heterocycles. The summed E-state index contributed by atoms with van der Waals surface area (Å²) in [7, 11) is -4.77.